The van der Waals surface area contributed by atoms with Crippen LogP contribution >= 0.6 is 0 Å². The first-order valence-electron chi connectivity index (χ1n) is 22.6. The molecule has 3 aromatic heterocycles. The molecule has 0 bridgehead atoms. The molecule has 2 aliphatic rings. The minimum absolute atomic E-state index is 0.238. The number of aromatic nitrogens is 4. The van der Waals surface area contributed by atoms with Crippen LogP contribution in [0.1, 0.15) is 31.9 Å². The van der Waals surface area contributed by atoms with Crippen LogP contribution in [0.15, 0.2) is 194 Å². The topological polar surface area (TPSA) is 36.9 Å². The number of hydrogen-bond acceptors (Lipinski definition) is 2. The summed E-state index contributed by atoms with van der Waals surface area (Å²) in [4.78, 5) is 5.13. The third-order valence-corrected chi connectivity index (χ3v) is 14.6. The van der Waals surface area contributed by atoms with E-state index in [9.17, 15) is 0 Å². The van der Waals surface area contributed by atoms with Gasteiger partial charge < -0.3 is 0 Å². The summed E-state index contributed by atoms with van der Waals surface area (Å²) in [5, 5.41) is 2.04. The summed E-state index contributed by atoms with van der Waals surface area (Å²) >= 11 is 2.38. The predicted molar refractivity (Wildman–Crippen MR) is 251 cm³/mol. The summed E-state index contributed by atoms with van der Waals surface area (Å²) in [5.41, 5.74) is 15.9. The van der Waals surface area contributed by atoms with Crippen LogP contribution in [0.5, 0.6) is 11.5 Å². The Hall–Kier alpha value is -7.33. The molecule has 5 nitrogen and oxygen atoms in total. The molecule has 0 N–H and O–H groups in total. The van der Waals surface area contributed by atoms with E-state index >= 15 is 0 Å². The van der Waals surface area contributed by atoms with E-state index in [0.717, 1.165) is 47.9 Å². The van der Waals surface area contributed by atoms with Gasteiger partial charge in [0.15, 0.2) is 0 Å². The number of aryl methyl sites for hydroxylation is 2. The van der Waals surface area contributed by atoms with Gasteiger partial charge in [-0.2, -0.15) is 0 Å². The Morgan fingerprint density at radius 2 is 1.14 bits per heavy atom. The molecule has 0 radical (unpaired) electrons. The molecule has 3 heterocycles. The summed E-state index contributed by atoms with van der Waals surface area (Å²) in [6, 6.07) is 65.3. The smallest absolute Gasteiger partial charge is 0.0622 e. The van der Waals surface area contributed by atoms with Crippen LogP contribution < -0.4 is 4.74 Å². The number of fused-ring (bicyclic) bond motifs is 14. The fourth-order valence-corrected chi connectivity index (χ4v) is 11.5. The van der Waals surface area contributed by atoms with Gasteiger partial charge in [0.2, 0.25) is 0 Å². The molecule has 0 saturated carbocycles. The molecular formula is C57H38N4OPt. The van der Waals surface area contributed by atoms with Gasteiger partial charge in [0.25, 0.3) is 0 Å². The molecule has 0 unspecified atom stereocenters. The van der Waals surface area contributed by atoms with E-state index in [0.29, 0.717) is 22.9 Å². The first kappa shape index (κ1) is 33.3. The zero-order valence-electron chi connectivity index (χ0n) is 37.0. The minimum Gasteiger partial charge on any atom is -0.0622 e. The molecule has 13 rings (SSSR count). The second-order valence-electron chi connectivity index (χ2n) is 16.5. The number of imidazole rings is 1. The summed E-state index contributed by atoms with van der Waals surface area (Å²) < 4.78 is 40.8. The van der Waals surface area contributed by atoms with Crippen LogP contribution in [0.2, 0.25) is 0 Å². The molecule has 6 heteroatoms. The first-order chi connectivity index (χ1) is 32.2. The Kier molecular flexibility index (Phi) is 7.18. The van der Waals surface area contributed by atoms with Crippen LogP contribution in [0.4, 0.5) is 0 Å². The Morgan fingerprint density at radius 1 is 0.508 bits per heavy atom. The van der Waals surface area contributed by atoms with Gasteiger partial charge in [-0.15, -0.1) is 0 Å². The van der Waals surface area contributed by atoms with Crippen molar-refractivity contribution >= 4 is 32.8 Å². The van der Waals surface area contributed by atoms with Crippen molar-refractivity contribution in [3.63, 3.8) is 0 Å². The second-order valence-corrected chi connectivity index (χ2v) is 17.5. The van der Waals surface area contributed by atoms with E-state index in [1.165, 1.54) is 44.5 Å². The molecule has 0 atom stereocenters. The second kappa shape index (κ2) is 13.6. The van der Waals surface area contributed by atoms with Gasteiger partial charge >= 0.3 is 194 Å². The van der Waals surface area contributed by atoms with Crippen molar-refractivity contribution in [2.24, 2.45) is 7.05 Å². The third-order valence-electron chi connectivity index (χ3n) is 13.3. The van der Waals surface area contributed by atoms with Gasteiger partial charge in [-0.1, -0.05) is 103 Å². The van der Waals surface area contributed by atoms with E-state index in [4.69, 9.17) is 13.8 Å². The predicted octanol–water partition coefficient (Wildman–Crippen LogP) is 13.7. The number of hydrogen-bond donors (Lipinski definition) is 0. The van der Waals surface area contributed by atoms with E-state index in [1.807, 2.05) is 48.5 Å². The fourth-order valence-electron chi connectivity index (χ4n) is 10.6. The fraction of sp³-hybridized carbons (Fsp3) is 0.0526. The average Bonchev–Trinajstić information content (AvgIpc) is 4.01. The number of ether oxygens (including phenoxy) is 1. The van der Waals surface area contributed by atoms with Crippen molar-refractivity contribution in [3.05, 3.63) is 226 Å². The van der Waals surface area contributed by atoms with Gasteiger partial charge in [-0.3, -0.25) is 0 Å². The van der Waals surface area contributed by atoms with Crippen molar-refractivity contribution in [3.8, 4) is 56.4 Å². The maximum atomic E-state index is 8.80. The van der Waals surface area contributed by atoms with Gasteiger partial charge in [0.05, 0.1) is 5.41 Å². The summed E-state index contributed by atoms with van der Waals surface area (Å²) in [6.45, 7) is -2.41. The monoisotopic (exact) mass is 992 g/mol. The molecule has 0 amide bonds. The van der Waals surface area contributed by atoms with Crippen molar-refractivity contribution in [2.45, 2.75) is 12.3 Å². The van der Waals surface area contributed by atoms with Crippen molar-refractivity contribution in [1.29, 1.82) is 0 Å². The van der Waals surface area contributed by atoms with Crippen LogP contribution in [-0.4, -0.2) is 18.7 Å². The maximum absolute atomic E-state index is 8.80. The van der Waals surface area contributed by atoms with Crippen LogP contribution in [-0.2, 0) is 31.8 Å². The minimum atomic E-state index is -2.41. The standard InChI is InChI=1S/C57H38N4O.Pt/c1-36-29-56(58-34-47(36)37-15-4-3-5-16-37)61-54-31-40(62-39-18-14-17-38(30-39)60-35-59(2)52-25-12-13-26-53(52)60)27-28-44(54)46-32-45-43-21-8-11-24-50(43)57(51(45)33-55(46)61)48-22-9-6-19-41(48)42-20-7-10-23-49(42)57;/h3-34H,1-2H3;/i1D3;. The third kappa shape index (κ3) is 5.09. The van der Waals surface area contributed by atoms with E-state index in [-0.39, 0.29) is 5.56 Å². The number of benzene rings is 8. The number of pyridine rings is 1. The zero-order chi connectivity index (χ0) is 44.5. The summed E-state index contributed by atoms with van der Waals surface area (Å²) in [7, 11) is 2.08. The van der Waals surface area contributed by atoms with Crippen LogP contribution in [0, 0.1) is 10.7 Å². The SMILES string of the molecule is [2H]C([2H])([2H])c1cc(-n2c3cc(Oc4cccc(-n5[c](=[Pt])n(C)c6ccccc65)c4)ccc3c3cc4c(cc32)C2(c3ccccc3-c3ccccc32)c2ccccc2-4)ncc1-c1ccccc1. The Morgan fingerprint density at radius 3 is 1.87 bits per heavy atom. The Labute approximate surface area is 379 Å². The average molecular weight is 993 g/mol. The first-order valence-corrected chi connectivity index (χ1v) is 22.2. The summed E-state index contributed by atoms with van der Waals surface area (Å²) in [6.07, 6.45) is 1.72. The Balaban J connectivity index is 1.06. The van der Waals surface area contributed by atoms with E-state index < -0.39 is 12.3 Å². The molecule has 1 spiro atoms. The molecule has 302 valence electrons. The van der Waals surface area contributed by atoms with Gasteiger partial charge in [-0.25, -0.2) is 0 Å². The summed E-state index contributed by atoms with van der Waals surface area (Å²) in [5.74, 6) is 1.85. The Bertz CT molecular complexity index is 3850. The van der Waals surface area contributed by atoms with Gasteiger partial charge in [0.1, 0.15) is 0 Å². The quantitative estimate of drug-likeness (QED) is 0.172. The number of nitrogens with zero attached hydrogens (tertiary/aromatic N) is 4. The molecule has 0 saturated heterocycles. The van der Waals surface area contributed by atoms with Crippen molar-refractivity contribution in [2.75, 3.05) is 0 Å². The number of rotatable bonds is 5. The van der Waals surface area contributed by atoms with E-state index in [2.05, 4.69) is 174 Å². The van der Waals surface area contributed by atoms with Crippen LogP contribution in [0.25, 0.3) is 77.7 Å². The normalized spacial score (nSPS) is 14.0. The van der Waals surface area contributed by atoms with Gasteiger partial charge in [-0.05, 0) is 62.5 Å². The molecule has 2 aliphatic carbocycles. The van der Waals surface area contributed by atoms with Gasteiger partial charge in [0, 0.05) is 15.9 Å². The molecule has 63 heavy (non-hydrogen) atoms. The van der Waals surface area contributed by atoms with Crippen molar-refractivity contribution < 1.29 is 28.2 Å². The molecule has 11 aromatic rings. The number of para-hydroxylation sites is 2. The molecular weight excluding hydrogens is 952 g/mol. The van der Waals surface area contributed by atoms with E-state index in [1.54, 1.807) is 12.3 Å². The van der Waals surface area contributed by atoms with Crippen molar-refractivity contribution in [1.82, 2.24) is 18.7 Å². The molecule has 0 fully saturated rings. The molecule has 0 aliphatic heterocycles. The zero-order valence-corrected chi connectivity index (χ0v) is 36.3. The van der Waals surface area contributed by atoms with Crippen LogP contribution in [0.3, 0.4) is 0 Å². The molecule has 8 aromatic carbocycles.